The summed E-state index contributed by atoms with van der Waals surface area (Å²) in [6.45, 7) is 3.19. The van der Waals surface area contributed by atoms with Crippen molar-refractivity contribution in [3.05, 3.63) is 66.7 Å². The van der Waals surface area contributed by atoms with E-state index < -0.39 is 23.2 Å². The minimum absolute atomic E-state index is 0.0469. The third-order valence-corrected chi connectivity index (χ3v) is 5.12. The number of nitro groups is 1. The average Bonchev–Trinajstić information content (AvgIpc) is 2.82. The Bertz CT molecular complexity index is 1340. The van der Waals surface area contributed by atoms with Gasteiger partial charge < -0.3 is 14.2 Å². The molecule has 0 radical (unpaired) electrons. The molecule has 12 heteroatoms. The number of hydrogen-bond donors (Lipinski definition) is 0. The molecule has 0 saturated heterocycles. The van der Waals surface area contributed by atoms with Gasteiger partial charge in [-0.25, -0.2) is 9.78 Å². The van der Waals surface area contributed by atoms with Gasteiger partial charge in [0.15, 0.2) is 12.4 Å². The Kier molecular flexibility index (Phi) is 7.95. The molecule has 0 bridgehead atoms. The molecule has 3 rings (SSSR count). The lowest BCUT2D eigenvalue weighted by Crippen LogP contribution is -2.22. The number of rotatable bonds is 9. The molecule has 0 atom stereocenters. The number of halogens is 1. The lowest BCUT2D eigenvalue weighted by Gasteiger charge is -2.12. The number of carbonyl (C=O) groups excluding carboxylic acids is 1. The van der Waals surface area contributed by atoms with E-state index in [0.717, 1.165) is 9.15 Å². The van der Waals surface area contributed by atoms with Crippen LogP contribution in [0.5, 0.6) is 11.5 Å². The number of nitro benzene ring substituents is 1. The summed E-state index contributed by atoms with van der Waals surface area (Å²) in [4.78, 5) is 40.0. The molecule has 0 saturated carbocycles. The number of nitrogens with zero attached hydrogens (tertiary/aromatic N) is 4. The van der Waals surface area contributed by atoms with E-state index in [1.54, 1.807) is 25.1 Å². The molecule has 1 heterocycles. The molecule has 0 aliphatic rings. The zero-order valence-corrected chi connectivity index (χ0v) is 20.2. The van der Waals surface area contributed by atoms with E-state index in [4.69, 9.17) is 9.47 Å². The van der Waals surface area contributed by atoms with Gasteiger partial charge in [-0.3, -0.25) is 14.9 Å². The van der Waals surface area contributed by atoms with Gasteiger partial charge in [-0.15, -0.1) is 0 Å². The van der Waals surface area contributed by atoms with Gasteiger partial charge in [0.25, 0.3) is 5.56 Å². The van der Waals surface area contributed by atoms with Crippen LogP contribution in [-0.2, 0) is 16.0 Å². The Morgan fingerprint density at radius 2 is 2.03 bits per heavy atom. The van der Waals surface area contributed by atoms with Crippen LogP contribution in [0.25, 0.3) is 10.9 Å². The first-order valence-corrected chi connectivity index (χ1v) is 11.0. The first-order valence-electron chi connectivity index (χ1n) is 10.2. The molecule has 34 heavy (non-hydrogen) atoms. The fourth-order valence-corrected chi connectivity index (χ4v) is 3.44. The Hall–Kier alpha value is -3.80. The number of aryl methyl sites for hydroxylation is 1. The normalized spacial score (nSPS) is 11.1. The molecule has 0 fully saturated rings. The van der Waals surface area contributed by atoms with Crippen LogP contribution < -0.4 is 15.0 Å². The number of methoxy groups -OCH3 is 1. The highest BCUT2D eigenvalue weighted by molar-refractivity contribution is 9.10. The summed E-state index contributed by atoms with van der Waals surface area (Å²) in [6.07, 6.45) is 1.73. The van der Waals surface area contributed by atoms with E-state index in [1.165, 1.54) is 25.5 Å². The number of hydrogen-bond acceptors (Lipinski definition) is 9. The smallest absolute Gasteiger partial charge is 0.343 e. The SMILES string of the molecule is CCOc1cc(C=Nn2c(CC)nc3ccc(Br)cc3c2=O)cc([N+](=O)[O-])c1OCC(=O)OC. The molecule has 0 aliphatic heterocycles. The number of ether oxygens (including phenoxy) is 3. The van der Waals surface area contributed by atoms with Crippen LogP contribution in [0.2, 0.25) is 0 Å². The van der Waals surface area contributed by atoms with Gasteiger partial charge in [0.2, 0.25) is 5.75 Å². The highest BCUT2D eigenvalue weighted by Crippen LogP contribution is 2.38. The summed E-state index contributed by atoms with van der Waals surface area (Å²) in [5.41, 5.74) is 0.0126. The standard InChI is InChI=1S/C22H21BrN4O7/c1-4-19-25-16-7-6-14(23)10-15(16)22(29)26(19)24-11-13-8-17(27(30)31)21(18(9-13)33-5-2)34-12-20(28)32-3/h6-11H,4-5,12H2,1-3H3. The quantitative estimate of drug-likeness (QED) is 0.177. The summed E-state index contributed by atoms with van der Waals surface area (Å²) >= 11 is 3.35. The summed E-state index contributed by atoms with van der Waals surface area (Å²) in [6, 6.07) is 7.86. The first kappa shape index (κ1) is 24.8. The van der Waals surface area contributed by atoms with Crippen LogP contribution in [0.3, 0.4) is 0 Å². The maximum atomic E-state index is 13.0. The van der Waals surface area contributed by atoms with Gasteiger partial charge in [0.05, 0.1) is 35.8 Å². The van der Waals surface area contributed by atoms with Gasteiger partial charge in [0, 0.05) is 22.5 Å². The van der Waals surface area contributed by atoms with E-state index in [9.17, 15) is 19.7 Å². The van der Waals surface area contributed by atoms with Crippen molar-refractivity contribution in [2.75, 3.05) is 20.3 Å². The van der Waals surface area contributed by atoms with Crippen molar-refractivity contribution in [2.24, 2.45) is 5.10 Å². The van der Waals surface area contributed by atoms with E-state index in [0.29, 0.717) is 23.1 Å². The van der Waals surface area contributed by atoms with Crippen LogP contribution in [0.4, 0.5) is 5.69 Å². The number of aromatic nitrogens is 2. The van der Waals surface area contributed by atoms with E-state index in [2.05, 4.69) is 30.8 Å². The van der Waals surface area contributed by atoms with Gasteiger partial charge >= 0.3 is 11.7 Å². The van der Waals surface area contributed by atoms with Crippen molar-refractivity contribution in [2.45, 2.75) is 20.3 Å². The molecule has 0 N–H and O–H groups in total. The predicted octanol–water partition coefficient (Wildman–Crippen LogP) is 3.46. The fourth-order valence-electron chi connectivity index (χ4n) is 3.08. The van der Waals surface area contributed by atoms with Crippen LogP contribution >= 0.6 is 15.9 Å². The molecular formula is C22H21BrN4O7. The second-order valence-electron chi connectivity index (χ2n) is 6.83. The number of esters is 1. The van der Waals surface area contributed by atoms with Crippen molar-refractivity contribution in [3.63, 3.8) is 0 Å². The van der Waals surface area contributed by atoms with Crippen LogP contribution in [0.1, 0.15) is 25.2 Å². The van der Waals surface area contributed by atoms with Crippen molar-refractivity contribution >= 4 is 44.7 Å². The van der Waals surface area contributed by atoms with Gasteiger partial charge in [0.1, 0.15) is 5.82 Å². The largest absolute Gasteiger partial charge is 0.490 e. The van der Waals surface area contributed by atoms with Crippen molar-refractivity contribution in [1.82, 2.24) is 9.66 Å². The maximum Gasteiger partial charge on any atom is 0.343 e. The highest BCUT2D eigenvalue weighted by Gasteiger charge is 2.23. The van der Waals surface area contributed by atoms with Gasteiger partial charge in [-0.1, -0.05) is 22.9 Å². The summed E-state index contributed by atoms with van der Waals surface area (Å²) in [7, 11) is 1.18. The van der Waals surface area contributed by atoms with Crippen molar-refractivity contribution < 1.29 is 23.9 Å². The predicted molar refractivity (Wildman–Crippen MR) is 128 cm³/mol. The molecule has 0 amide bonds. The molecule has 2 aromatic carbocycles. The number of benzene rings is 2. The summed E-state index contributed by atoms with van der Waals surface area (Å²) < 4.78 is 17.2. The zero-order chi connectivity index (χ0) is 24.8. The van der Waals surface area contributed by atoms with Crippen molar-refractivity contribution in [1.29, 1.82) is 0 Å². The average molecular weight is 533 g/mol. The van der Waals surface area contributed by atoms with Crippen LogP contribution in [0, 0.1) is 10.1 Å². The maximum absolute atomic E-state index is 13.0. The Morgan fingerprint density at radius 3 is 2.68 bits per heavy atom. The van der Waals surface area contributed by atoms with Crippen molar-refractivity contribution in [3.8, 4) is 11.5 Å². The lowest BCUT2D eigenvalue weighted by molar-refractivity contribution is -0.385. The van der Waals surface area contributed by atoms with Crippen LogP contribution in [-0.4, -0.2) is 47.1 Å². The molecule has 0 aliphatic carbocycles. The summed E-state index contributed by atoms with van der Waals surface area (Å²) in [5, 5.41) is 16.3. The third-order valence-electron chi connectivity index (χ3n) is 4.63. The second kappa shape index (κ2) is 10.9. The monoisotopic (exact) mass is 532 g/mol. The zero-order valence-electron chi connectivity index (χ0n) is 18.6. The third kappa shape index (κ3) is 5.39. The Labute approximate surface area is 202 Å². The molecular weight excluding hydrogens is 512 g/mol. The minimum atomic E-state index is -0.704. The van der Waals surface area contributed by atoms with E-state index >= 15 is 0 Å². The van der Waals surface area contributed by atoms with E-state index in [1.807, 2.05) is 6.92 Å². The minimum Gasteiger partial charge on any atom is -0.490 e. The first-order chi connectivity index (χ1) is 16.3. The lowest BCUT2D eigenvalue weighted by atomic mass is 10.2. The topological polar surface area (TPSA) is 135 Å². The number of fused-ring (bicyclic) bond motifs is 1. The molecule has 11 nitrogen and oxygen atoms in total. The molecule has 0 unspecified atom stereocenters. The van der Waals surface area contributed by atoms with Gasteiger partial charge in [-0.05, 0) is 31.2 Å². The molecule has 0 spiro atoms. The molecule has 3 aromatic rings. The van der Waals surface area contributed by atoms with Gasteiger partial charge in [-0.2, -0.15) is 9.78 Å². The molecule has 1 aromatic heterocycles. The van der Waals surface area contributed by atoms with Crippen LogP contribution in [0.15, 0.2) is 44.7 Å². The summed E-state index contributed by atoms with van der Waals surface area (Å²) in [5.74, 6) is -0.443. The number of carbonyl (C=O) groups is 1. The van der Waals surface area contributed by atoms with E-state index in [-0.39, 0.29) is 29.2 Å². The fraction of sp³-hybridized carbons (Fsp3) is 0.273. The second-order valence-corrected chi connectivity index (χ2v) is 7.74. The molecule has 178 valence electrons. The highest BCUT2D eigenvalue weighted by atomic mass is 79.9. The Balaban J connectivity index is 2.10. The Morgan fingerprint density at radius 1 is 1.26 bits per heavy atom.